The normalized spacial score (nSPS) is 20.8. The van der Waals surface area contributed by atoms with Crippen molar-refractivity contribution in [1.82, 2.24) is 4.90 Å². The van der Waals surface area contributed by atoms with E-state index < -0.39 is 34.6 Å². The molecule has 37 heavy (non-hydrogen) atoms. The number of benzene rings is 3. The topological polar surface area (TPSA) is 69.7 Å². The Kier molecular flexibility index (Phi) is 6.06. The zero-order valence-electron chi connectivity index (χ0n) is 20.8. The molecule has 0 aliphatic carbocycles. The van der Waals surface area contributed by atoms with Crippen molar-refractivity contribution in [1.29, 1.82) is 0 Å². The van der Waals surface area contributed by atoms with E-state index in [1.807, 2.05) is 44.2 Å². The molecule has 1 spiro atoms. The molecular formula is C29H27F2N3O3. The Labute approximate surface area is 213 Å². The van der Waals surface area contributed by atoms with Gasteiger partial charge in [-0.05, 0) is 53.4 Å². The van der Waals surface area contributed by atoms with Crippen molar-refractivity contribution in [2.75, 3.05) is 23.8 Å². The Bertz CT molecular complexity index is 1410. The van der Waals surface area contributed by atoms with Gasteiger partial charge in [0.15, 0.2) is 0 Å². The van der Waals surface area contributed by atoms with Gasteiger partial charge in [0.05, 0.1) is 11.6 Å². The van der Waals surface area contributed by atoms with E-state index >= 15 is 0 Å². The van der Waals surface area contributed by atoms with Crippen LogP contribution in [0.25, 0.3) is 0 Å². The summed E-state index contributed by atoms with van der Waals surface area (Å²) in [6, 6.07) is 16.6. The highest BCUT2D eigenvalue weighted by Crippen LogP contribution is 2.57. The molecule has 1 fully saturated rings. The minimum Gasteiger partial charge on any atom is -0.334 e. The van der Waals surface area contributed by atoms with Gasteiger partial charge in [0.25, 0.3) is 5.91 Å². The number of carbonyl (C=O) groups is 3. The van der Waals surface area contributed by atoms with Gasteiger partial charge in [-0.1, -0.05) is 44.2 Å². The molecular weight excluding hydrogens is 476 g/mol. The molecule has 190 valence electrons. The summed E-state index contributed by atoms with van der Waals surface area (Å²) in [4.78, 5) is 43.5. The quantitative estimate of drug-likeness (QED) is 0.529. The van der Waals surface area contributed by atoms with Gasteiger partial charge < -0.3 is 15.1 Å². The molecule has 8 heteroatoms. The Hall–Kier alpha value is -4.07. The van der Waals surface area contributed by atoms with Crippen LogP contribution in [0, 0.1) is 17.6 Å². The highest BCUT2D eigenvalue weighted by Gasteiger charge is 2.63. The third-order valence-corrected chi connectivity index (χ3v) is 7.16. The minimum atomic E-state index is -1.19. The highest BCUT2D eigenvalue weighted by atomic mass is 19.1. The van der Waals surface area contributed by atoms with E-state index in [1.54, 1.807) is 35.0 Å². The monoisotopic (exact) mass is 503 g/mol. The molecule has 2 atom stereocenters. The molecule has 1 unspecified atom stereocenters. The number of nitrogens with zero attached hydrogens (tertiary/aromatic N) is 2. The molecule has 6 nitrogen and oxygen atoms in total. The fourth-order valence-electron chi connectivity index (χ4n) is 5.64. The van der Waals surface area contributed by atoms with Crippen LogP contribution in [0.1, 0.15) is 47.8 Å². The number of hydrogen-bond donors (Lipinski definition) is 1. The summed E-state index contributed by atoms with van der Waals surface area (Å²) in [6.07, 6.45) is -0.00855. The maximum absolute atomic E-state index is 14.2. The molecule has 2 heterocycles. The third-order valence-electron chi connectivity index (χ3n) is 7.16. The number of hydrogen-bond acceptors (Lipinski definition) is 3. The van der Waals surface area contributed by atoms with Crippen LogP contribution in [0.15, 0.2) is 66.7 Å². The average molecular weight is 504 g/mol. The maximum Gasteiger partial charge on any atom is 0.258 e. The van der Waals surface area contributed by atoms with Crippen LogP contribution in [0.4, 0.5) is 20.2 Å². The van der Waals surface area contributed by atoms with E-state index in [1.165, 1.54) is 0 Å². The lowest BCUT2D eigenvalue weighted by Gasteiger charge is -2.35. The van der Waals surface area contributed by atoms with E-state index in [2.05, 4.69) is 5.32 Å². The Morgan fingerprint density at radius 2 is 1.78 bits per heavy atom. The van der Waals surface area contributed by atoms with Crippen LogP contribution in [-0.2, 0) is 15.0 Å². The lowest BCUT2D eigenvalue weighted by molar-refractivity contribution is -0.129. The second kappa shape index (κ2) is 9.10. The van der Waals surface area contributed by atoms with Crippen LogP contribution in [0.5, 0.6) is 0 Å². The standard InChI is InChI=1S/C29H27F2N3O3/c1-17(2)16-34-25(35)15-29(26(34)18-7-5-4-6-8-18)22-14-20(10-12-24(22)33(3)28(29)37)32-27(36)21-13-19(30)9-11-23(21)31/h4-14,17,26H,15-16H2,1-3H3,(H,32,36)/t26?,29-/m1/s1. The van der Waals surface area contributed by atoms with Crippen molar-refractivity contribution < 1.29 is 23.2 Å². The number of nitrogens with one attached hydrogen (secondary N) is 1. The van der Waals surface area contributed by atoms with Gasteiger partial charge in [0.2, 0.25) is 11.8 Å². The fraction of sp³-hybridized carbons (Fsp3) is 0.276. The van der Waals surface area contributed by atoms with Gasteiger partial charge in [0, 0.05) is 31.4 Å². The maximum atomic E-state index is 14.2. The molecule has 5 rings (SSSR count). The molecule has 2 aliphatic heterocycles. The fourth-order valence-corrected chi connectivity index (χ4v) is 5.64. The zero-order valence-corrected chi connectivity index (χ0v) is 20.8. The van der Waals surface area contributed by atoms with E-state index in [4.69, 9.17) is 0 Å². The van der Waals surface area contributed by atoms with Gasteiger partial charge in [-0.3, -0.25) is 14.4 Å². The van der Waals surface area contributed by atoms with Crippen molar-refractivity contribution in [3.8, 4) is 0 Å². The summed E-state index contributed by atoms with van der Waals surface area (Å²) in [6.45, 7) is 4.54. The van der Waals surface area contributed by atoms with Crippen molar-refractivity contribution in [3.63, 3.8) is 0 Å². The Morgan fingerprint density at radius 3 is 2.49 bits per heavy atom. The molecule has 3 amide bonds. The number of halogens is 2. The van der Waals surface area contributed by atoms with E-state index in [0.29, 0.717) is 23.5 Å². The zero-order chi connectivity index (χ0) is 26.5. The largest absolute Gasteiger partial charge is 0.334 e. The van der Waals surface area contributed by atoms with Crippen molar-refractivity contribution in [2.45, 2.75) is 31.7 Å². The minimum absolute atomic E-state index is 0.00855. The Balaban J connectivity index is 1.62. The van der Waals surface area contributed by atoms with Gasteiger partial charge in [-0.2, -0.15) is 0 Å². The SMILES string of the molecule is CC(C)CN1C(=O)C[C@]2(C(=O)N(C)c3ccc(NC(=O)c4cc(F)ccc4F)cc32)C1c1ccccc1. The second-order valence-corrected chi connectivity index (χ2v) is 10.1. The Morgan fingerprint density at radius 1 is 1.05 bits per heavy atom. The predicted molar refractivity (Wildman–Crippen MR) is 136 cm³/mol. The molecule has 3 aromatic rings. The van der Waals surface area contributed by atoms with E-state index in [0.717, 1.165) is 23.8 Å². The molecule has 0 bridgehead atoms. The van der Waals surface area contributed by atoms with Crippen LogP contribution in [0.2, 0.25) is 0 Å². The first-order valence-electron chi connectivity index (χ1n) is 12.2. The number of carbonyl (C=O) groups excluding carboxylic acids is 3. The van der Waals surface area contributed by atoms with Crippen LogP contribution >= 0.6 is 0 Å². The van der Waals surface area contributed by atoms with Gasteiger partial charge in [0.1, 0.15) is 17.0 Å². The van der Waals surface area contributed by atoms with Crippen molar-refractivity contribution in [2.24, 2.45) is 5.92 Å². The molecule has 0 aromatic heterocycles. The predicted octanol–water partition coefficient (Wildman–Crippen LogP) is 5.06. The smallest absolute Gasteiger partial charge is 0.258 e. The first kappa shape index (κ1) is 24.6. The van der Waals surface area contributed by atoms with Crippen LogP contribution in [-0.4, -0.2) is 36.2 Å². The van der Waals surface area contributed by atoms with E-state index in [-0.39, 0.29) is 24.2 Å². The lowest BCUT2D eigenvalue weighted by Crippen LogP contribution is -2.44. The summed E-state index contributed by atoms with van der Waals surface area (Å²) in [5.74, 6) is -2.52. The lowest BCUT2D eigenvalue weighted by atomic mass is 9.72. The van der Waals surface area contributed by atoms with Gasteiger partial charge in [-0.15, -0.1) is 0 Å². The summed E-state index contributed by atoms with van der Waals surface area (Å²) >= 11 is 0. The second-order valence-electron chi connectivity index (χ2n) is 10.1. The van der Waals surface area contributed by atoms with Crippen LogP contribution < -0.4 is 10.2 Å². The number of likely N-dealkylation sites (tertiary alicyclic amines) is 1. The summed E-state index contributed by atoms with van der Waals surface area (Å²) in [5, 5.41) is 2.63. The summed E-state index contributed by atoms with van der Waals surface area (Å²) in [5.41, 5.74) is 0.800. The van der Waals surface area contributed by atoms with Crippen molar-refractivity contribution in [3.05, 3.63) is 95.1 Å². The summed E-state index contributed by atoms with van der Waals surface area (Å²) in [7, 11) is 1.67. The molecule has 0 radical (unpaired) electrons. The number of fused-ring (bicyclic) bond motifs is 2. The molecule has 1 N–H and O–H groups in total. The number of rotatable bonds is 5. The van der Waals surface area contributed by atoms with Gasteiger partial charge >= 0.3 is 0 Å². The third kappa shape index (κ3) is 3.97. The molecule has 3 aromatic carbocycles. The van der Waals surface area contributed by atoms with Crippen molar-refractivity contribution >= 4 is 29.1 Å². The van der Waals surface area contributed by atoms with Gasteiger partial charge in [-0.25, -0.2) is 8.78 Å². The molecule has 1 saturated heterocycles. The average Bonchev–Trinajstić information content (AvgIpc) is 3.26. The van der Waals surface area contributed by atoms with E-state index in [9.17, 15) is 23.2 Å². The number of anilines is 2. The first-order valence-corrected chi connectivity index (χ1v) is 12.2. The van der Waals surface area contributed by atoms with Crippen LogP contribution in [0.3, 0.4) is 0 Å². The first-order chi connectivity index (χ1) is 17.6. The number of amides is 3. The summed E-state index contributed by atoms with van der Waals surface area (Å²) < 4.78 is 27.8. The molecule has 0 saturated carbocycles. The number of likely N-dealkylation sites (N-methyl/N-ethyl adjacent to an activating group) is 1. The molecule has 2 aliphatic rings. The highest BCUT2D eigenvalue weighted by molar-refractivity contribution is 6.13.